The van der Waals surface area contributed by atoms with E-state index in [0.717, 1.165) is 6.26 Å². The third-order valence-electron chi connectivity index (χ3n) is 4.72. The monoisotopic (exact) mass is 383 g/mol. The molecule has 2 heterocycles. The molecular formula is C14H20F3N3O4S. The van der Waals surface area contributed by atoms with Crippen molar-refractivity contribution in [1.29, 1.82) is 0 Å². The van der Waals surface area contributed by atoms with Crippen molar-refractivity contribution in [2.24, 2.45) is 5.92 Å². The molecule has 1 aromatic rings. The van der Waals surface area contributed by atoms with Gasteiger partial charge < -0.3 is 9.15 Å². The molecule has 0 bridgehead atoms. The fraction of sp³-hybridized carbons (Fsp3) is 0.857. The fourth-order valence-corrected chi connectivity index (χ4v) is 4.14. The van der Waals surface area contributed by atoms with Crippen molar-refractivity contribution in [3.05, 3.63) is 11.8 Å². The highest BCUT2D eigenvalue weighted by molar-refractivity contribution is 7.88. The van der Waals surface area contributed by atoms with Gasteiger partial charge in [-0.25, -0.2) is 8.42 Å². The molecule has 1 saturated heterocycles. The molecule has 25 heavy (non-hydrogen) atoms. The Morgan fingerprint density at radius 3 is 2.60 bits per heavy atom. The first-order valence-electron chi connectivity index (χ1n) is 8.11. The summed E-state index contributed by atoms with van der Waals surface area (Å²) in [4.78, 5) is 0. The van der Waals surface area contributed by atoms with Gasteiger partial charge in [-0.1, -0.05) is 6.42 Å². The van der Waals surface area contributed by atoms with Gasteiger partial charge in [0.15, 0.2) is 0 Å². The van der Waals surface area contributed by atoms with Crippen LogP contribution >= 0.6 is 0 Å². The summed E-state index contributed by atoms with van der Waals surface area (Å²) in [6.07, 6.45) is -2.74. The smallest absolute Gasteiger partial charge is 0.391 e. The first-order valence-corrected chi connectivity index (χ1v) is 9.96. The third kappa shape index (κ3) is 4.32. The molecule has 0 unspecified atom stereocenters. The molecule has 0 radical (unpaired) electrons. The molecule has 0 aromatic carbocycles. The number of nitrogens with zero attached hydrogens (tertiary/aromatic N) is 3. The number of sulfonamides is 1. The van der Waals surface area contributed by atoms with E-state index >= 15 is 0 Å². The van der Waals surface area contributed by atoms with E-state index in [1.54, 1.807) is 0 Å². The number of ether oxygens (including phenoxy) is 1. The highest BCUT2D eigenvalue weighted by atomic mass is 32.2. The lowest BCUT2D eigenvalue weighted by molar-refractivity contribution is -0.183. The Labute approximate surface area is 143 Å². The van der Waals surface area contributed by atoms with Gasteiger partial charge in [0.05, 0.1) is 18.8 Å². The highest BCUT2D eigenvalue weighted by Gasteiger charge is 2.43. The van der Waals surface area contributed by atoms with E-state index in [4.69, 9.17) is 9.15 Å². The Bertz CT molecular complexity index is 706. The van der Waals surface area contributed by atoms with Crippen molar-refractivity contribution in [3.63, 3.8) is 0 Å². The van der Waals surface area contributed by atoms with Crippen LogP contribution in [0.5, 0.6) is 0 Å². The van der Waals surface area contributed by atoms with E-state index in [9.17, 15) is 21.6 Å². The first kappa shape index (κ1) is 18.6. The number of alkyl halides is 3. The average molecular weight is 383 g/mol. The van der Waals surface area contributed by atoms with Crippen molar-refractivity contribution in [2.45, 2.75) is 43.9 Å². The molecule has 0 N–H and O–H groups in total. The third-order valence-corrected chi connectivity index (χ3v) is 5.99. The van der Waals surface area contributed by atoms with Crippen LogP contribution < -0.4 is 0 Å². The van der Waals surface area contributed by atoms with Crippen molar-refractivity contribution in [2.75, 3.05) is 26.0 Å². The zero-order valence-corrected chi connectivity index (χ0v) is 14.5. The summed E-state index contributed by atoms with van der Waals surface area (Å²) in [7, 11) is -3.37. The lowest BCUT2D eigenvalue weighted by atomic mass is 9.81. The minimum absolute atomic E-state index is 0.0519. The van der Waals surface area contributed by atoms with Gasteiger partial charge in [-0.15, -0.1) is 10.2 Å². The Morgan fingerprint density at radius 2 is 1.92 bits per heavy atom. The van der Waals surface area contributed by atoms with Gasteiger partial charge in [0, 0.05) is 19.0 Å². The number of hydrogen-bond acceptors (Lipinski definition) is 6. The molecule has 1 aliphatic carbocycles. The fourth-order valence-electron chi connectivity index (χ4n) is 3.33. The summed E-state index contributed by atoms with van der Waals surface area (Å²) in [5, 5.41) is 7.76. The predicted molar refractivity (Wildman–Crippen MR) is 80.2 cm³/mol. The van der Waals surface area contributed by atoms with Gasteiger partial charge in [0.25, 0.3) is 0 Å². The van der Waals surface area contributed by atoms with Crippen LogP contribution in [0.15, 0.2) is 4.42 Å². The topological polar surface area (TPSA) is 85.5 Å². The number of rotatable bonds is 3. The molecule has 1 saturated carbocycles. The second kappa shape index (κ2) is 6.84. The molecule has 0 amide bonds. The van der Waals surface area contributed by atoms with Crippen molar-refractivity contribution in [1.82, 2.24) is 14.5 Å². The summed E-state index contributed by atoms with van der Waals surface area (Å²) in [6.45, 7) is 0.484. The first-order chi connectivity index (χ1) is 11.6. The van der Waals surface area contributed by atoms with Crippen molar-refractivity contribution >= 4 is 10.0 Å². The second-order valence-electron chi connectivity index (χ2n) is 6.56. The van der Waals surface area contributed by atoms with E-state index < -0.39 is 34.1 Å². The molecule has 3 rings (SSSR count). The molecule has 3 atom stereocenters. The van der Waals surface area contributed by atoms with E-state index in [0.29, 0.717) is 12.8 Å². The minimum atomic E-state index is -4.22. The van der Waals surface area contributed by atoms with Crippen LogP contribution in [0.25, 0.3) is 0 Å². The maximum atomic E-state index is 12.9. The van der Waals surface area contributed by atoms with E-state index in [2.05, 4.69) is 10.2 Å². The molecule has 0 spiro atoms. The summed E-state index contributed by atoms with van der Waals surface area (Å²) in [6, 6.07) is 0. The van der Waals surface area contributed by atoms with Crippen LogP contribution in [-0.2, 0) is 14.8 Å². The van der Waals surface area contributed by atoms with Gasteiger partial charge in [-0.05, 0) is 19.3 Å². The van der Waals surface area contributed by atoms with E-state index in [1.165, 1.54) is 4.31 Å². The van der Waals surface area contributed by atoms with Crippen molar-refractivity contribution < 1.29 is 30.7 Å². The Hall–Kier alpha value is -1.20. The predicted octanol–water partition coefficient (Wildman–Crippen LogP) is 2.24. The van der Waals surface area contributed by atoms with Crippen molar-refractivity contribution in [3.8, 4) is 0 Å². The van der Waals surface area contributed by atoms with Crippen LogP contribution in [0.1, 0.15) is 49.5 Å². The van der Waals surface area contributed by atoms with Gasteiger partial charge in [0.2, 0.25) is 21.8 Å². The summed E-state index contributed by atoms with van der Waals surface area (Å²) in [5.74, 6) is -1.51. The molecule has 1 aliphatic heterocycles. The summed E-state index contributed by atoms with van der Waals surface area (Å²) in [5.41, 5.74) is 0. The van der Waals surface area contributed by atoms with E-state index in [-0.39, 0.29) is 44.3 Å². The highest BCUT2D eigenvalue weighted by Crippen LogP contribution is 2.43. The van der Waals surface area contributed by atoms with Gasteiger partial charge in [-0.2, -0.15) is 17.5 Å². The van der Waals surface area contributed by atoms with E-state index in [1.807, 2.05) is 0 Å². The summed E-state index contributed by atoms with van der Waals surface area (Å²) >= 11 is 0. The second-order valence-corrected chi connectivity index (χ2v) is 8.54. The standard InChI is InChI=1S/C14H20F3N3O4S/c1-25(21,22)20-5-6-23-11(8-20)13-19-18-12(24-13)9-3-2-4-10(7-9)14(15,16)17/h9-11H,2-8H2,1H3/t9-,10+,11+/m1/s1. The number of morpholine rings is 1. The lowest BCUT2D eigenvalue weighted by Crippen LogP contribution is -2.41. The maximum absolute atomic E-state index is 12.9. The number of hydrogen-bond donors (Lipinski definition) is 0. The average Bonchev–Trinajstić information content (AvgIpc) is 3.04. The van der Waals surface area contributed by atoms with Gasteiger partial charge in [0.1, 0.15) is 6.10 Å². The van der Waals surface area contributed by atoms with Crippen LogP contribution in [0.4, 0.5) is 13.2 Å². The minimum Gasteiger partial charge on any atom is -0.422 e. The van der Waals surface area contributed by atoms with Crippen LogP contribution in [0.3, 0.4) is 0 Å². The van der Waals surface area contributed by atoms with Crippen LogP contribution in [-0.4, -0.2) is 55.0 Å². The molecule has 2 aliphatic rings. The number of halogens is 3. The largest absolute Gasteiger partial charge is 0.422 e. The SMILES string of the molecule is CS(=O)(=O)N1CCO[C@H](c2nnc([C@@H]3CCC[C@H](C(F)(F)F)C3)o2)C1. The Balaban J connectivity index is 1.70. The lowest BCUT2D eigenvalue weighted by Gasteiger charge is -2.29. The molecule has 11 heteroatoms. The molecule has 1 aromatic heterocycles. The molecule has 7 nitrogen and oxygen atoms in total. The van der Waals surface area contributed by atoms with Gasteiger partial charge in [-0.3, -0.25) is 0 Å². The van der Waals surface area contributed by atoms with Crippen LogP contribution in [0.2, 0.25) is 0 Å². The zero-order chi connectivity index (χ0) is 18.2. The molecule has 2 fully saturated rings. The number of aromatic nitrogens is 2. The van der Waals surface area contributed by atoms with Gasteiger partial charge >= 0.3 is 6.18 Å². The normalized spacial score (nSPS) is 29.7. The molecule has 142 valence electrons. The Kier molecular flexibility index (Phi) is 5.09. The summed E-state index contributed by atoms with van der Waals surface area (Å²) < 4.78 is 74.4. The Morgan fingerprint density at radius 1 is 1.20 bits per heavy atom. The maximum Gasteiger partial charge on any atom is 0.391 e. The zero-order valence-electron chi connectivity index (χ0n) is 13.7. The molecular weight excluding hydrogens is 363 g/mol. The van der Waals surface area contributed by atoms with Crippen LogP contribution in [0, 0.1) is 5.92 Å². The quantitative estimate of drug-likeness (QED) is 0.796.